The summed E-state index contributed by atoms with van der Waals surface area (Å²) in [4.78, 5) is 23.1. The van der Waals surface area contributed by atoms with E-state index in [0.717, 1.165) is 5.56 Å². The van der Waals surface area contributed by atoms with Gasteiger partial charge in [0.15, 0.2) is 0 Å². The second-order valence-electron chi connectivity index (χ2n) is 4.32. The largest absolute Gasteiger partial charge is 0.465 e. The molecule has 0 unspecified atom stereocenters. The second kappa shape index (κ2) is 7.38. The molecule has 0 aliphatic rings. The molecule has 1 amide bonds. The van der Waals surface area contributed by atoms with Gasteiger partial charge in [0.1, 0.15) is 0 Å². The summed E-state index contributed by atoms with van der Waals surface area (Å²) in [6.07, 6.45) is 1.48. The van der Waals surface area contributed by atoms with Crippen LogP contribution in [0.1, 0.15) is 26.3 Å². The molecule has 6 heteroatoms. The summed E-state index contributed by atoms with van der Waals surface area (Å²) in [5.74, 6) is -0.761. The summed E-state index contributed by atoms with van der Waals surface area (Å²) in [5, 5.41) is 4.34. The number of nitrogens with zero attached hydrogens (tertiary/aromatic N) is 1. The number of carbonyl (C=O) groups excluding carboxylic acids is 2. The van der Waals surface area contributed by atoms with Gasteiger partial charge in [0.2, 0.25) is 0 Å². The van der Waals surface area contributed by atoms with Gasteiger partial charge in [-0.05, 0) is 35.9 Å². The fourth-order valence-corrected chi connectivity index (χ4v) is 1.87. The third-order valence-electron chi connectivity index (χ3n) is 2.80. The van der Waals surface area contributed by atoms with Gasteiger partial charge in [-0.25, -0.2) is 10.2 Å². The highest BCUT2D eigenvalue weighted by molar-refractivity contribution is 6.30. The van der Waals surface area contributed by atoms with Crippen molar-refractivity contribution in [1.29, 1.82) is 0 Å². The van der Waals surface area contributed by atoms with Crippen molar-refractivity contribution in [2.45, 2.75) is 0 Å². The number of halogens is 1. The van der Waals surface area contributed by atoms with Crippen molar-refractivity contribution in [3.05, 3.63) is 70.2 Å². The lowest BCUT2D eigenvalue weighted by atomic mass is 10.1. The van der Waals surface area contributed by atoms with Gasteiger partial charge < -0.3 is 4.74 Å². The number of hydrazone groups is 1. The Hall–Kier alpha value is -2.66. The smallest absolute Gasteiger partial charge is 0.337 e. The number of esters is 1. The first-order valence-electron chi connectivity index (χ1n) is 6.37. The molecule has 0 bridgehead atoms. The summed E-state index contributed by atoms with van der Waals surface area (Å²) in [5.41, 5.74) is 4.01. The predicted octanol–water partition coefficient (Wildman–Crippen LogP) is 2.89. The van der Waals surface area contributed by atoms with Crippen LogP contribution in [-0.4, -0.2) is 25.2 Å². The summed E-state index contributed by atoms with van der Waals surface area (Å²) in [6.45, 7) is 0. The number of amides is 1. The van der Waals surface area contributed by atoms with E-state index < -0.39 is 5.97 Å². The van der Waals surface area contributed by atoms with Gasteiger partial charge in [0.25, 0.3) is 5.91 Å². The van der Waals surface area contributed by atoms with Gasteiger partial charge in [-0.3, -0.25) is 4.79 Å². The molecule has 0 spiro atoms. The van der Waals surface area contributed by atoms with E-state index in [1.807, 2.05) is 0 Å². The molecule has 5 nitrogen and oxygen atoms in total. The van der Waals surface area contributed by atoms with Crippen molar-refractivity contribution in [3.8, 4) is 0 Å². The predicted molar refractivity (Wildman–Crippen MR) is 84.3 cm³/mol. The summed E-state index contributed by atoms with van der Waals surface area (Å²) < 4.78 is 4.61. The fourth-order valence-electron chi connectivity index (χ4n) is 1.68. The van der Waals surface area contributed by atoms with Crippen LogP contribution in [0.4, 0.5) is 0 Å². The maximum absolute atomic E-state index is 11.8. The van der Waals surface area contributed by atoms with Crippen molar-refractivity contribution in [2.24, 2.45) is 5.10 Å². The lowest BCUT2D eigenvalue weighted by Crippen LogP contribution is -2.17. The molecule has 0 saturated carbocycles. The van der Waals surface area contributed by atoms with E-state index in [0.29, 0.717) is 16.1 Å². The first kappa shape index (κ1) is 15.7. The Bertz CT molecular complexity index is 712. The molecule has 0 fully saturated rings. The van der Waals surface area contributed by atoms with Crippen LogP contribution in [0.3, 0.4) is 0 Å². The van der Waals surface area contributed by atoms with Crippen molar-refractivity contribution in [1.82, 2.24) is 5.43 Å². The highest BCUT2D eigenvalue weighted by Crippen LogP contribution is 2.10. The van der Waals surface area contributed by atoms with E-state index in [9.17, 15) is 9.59 Å². The SMILES string of the molecule is COC(=O)c1ccc(/C=N/NC(=O)c2cccc(Cl)c2)cc1. The Morgan fingerprint density at radius 1 is 1.14 bits per heavy atom. The van der Waals surface area contributed by atoms with Gasteiger partial charge in [-0.2, -0.15) is 5.10 Å². The minimum Gasteiger partial charge on any atom is -0.465 e. The van der Waals surface area contributed by atoms with Gasteiger partial charge >= 0.3 is 5.97 Å². The lowest BCUT2D eigenvalue weighted by Gasteiger charge is -2.01. The topological polar surface area (TPSA) is 67.8 Å². The normalized spacial score (nSPS) is 10.5. The standard InChI is InChI=1S/C16H13ClN2O3/c1-22-16(21)12-7-5-11(6-8-12)10-18-19-15(20)13-3-2-4-14(17)9-13/h2-10H,1H3,(H,19,20)/b18-10+. The zero-order valence-corrected chi connectivity index (χ0v) is 12.5. The van der Waals surface area contributed by atoms with Crippen LogP contribution in [-0.2, 0) is 4.74 Å². The minimum atomic E-state index is -0.405. The molecule has 0 heterocycles. The molecule has 2 rings (SSSR count). The van der Waals surface area contributed by atoms with Crippen LogP contribution in [0.15, 0.2) is 53.6 Å². The monoisotopic (exact) mass is 316 g/mol. The van der Waals surface area contributed by atoms with E-state index in [1.54, 1.807) is 48.5 Å². The molecular weight excluding hydrogens is 304 g/mol. The Balaban J connectivity index is 1.97. The second-order valence-corrected chi connectivity index (χ2v) is 4.76. The zero-order valence-electron chi connectivity index (χ0n) is 11.7. The van der Waals surface area contributed by atoms with E-state index in [4.69, 9.17) is 11.6 Å². The number of hydrogen-bond acceptors (Lipinski definition) is 4. The molecule has 112 valence electrons. The number of carbonyl (C=O) groups is 2. The Morgan fingerprint density at radius 3 is 2.50 bits per heavy atom. The van der Waals surface area contributed by atoms with Crippen molar-refractivity contribution < 1.29 is 14.3 Å². The van der Waals surface area contributed by atoms with Crippen molar-refractivity contribution in [3.63, 3.8) is 0 Å². The molecule has 1 N–H and O–H groups in total. The maximum Gasteiger partial charge on any atom is 0.337 e. The highest BCUT2D eigenvalue weighted by Gasteiger charge is 2.05. The molecular formula is C16H13ClN2O3. The highest BCUT2D eigenvalue weighted by atomic mass is 35.5. The number of rotatable bonds is 4. The molecule has 2 aromatic carbocycles. The average Bonchev–Trinajstić information content (AvgIpc) is 2.54. The number of hydrogen-bond donors (Lipinski definition) is 1. The summed E-state index contributed by atoms with van der Waals surface area (Å²) >= 11 is 5.81. The first-order chi connectivity index (χ1) is 10.6. The Labute approximate surface area is 132 Å². The lowest BCUT2D eigenvalue weighted by molar-refractivity contribution is 0.0600. The molecule has 0 aromatic heterocycles. The maximum atomic E-state index is 11.8. The van der Waals surface area contributed by atoms with Crippen LogP contribution >= 0.6 is 11.6 Å². The number of nitrogens with one attached hydrogen (secondary N) is 1. The van der Waals surface area contributed by atoms with Crippen LogP contribution in [0, 0.1) is 0 Å². The molecule has 0 radical (unpaired) electrons. The fraction of sp³-hybridized carbons (Fsp3) is 0.0625. The summed E-state index contributed by atoms with van der Waals surface area (Å²) in [7, 11) is 1.32. The summed E-state index contributed by atoms with van der Waals surface area (Å²) in [6, 6.07) is 13.2. The van der Waals surface area contributed by atoms with Crippen molar-refractivity contribution in [2.75, 3.05) is 7.11 Å². The number of ether oxygens (including phenoxy) is 1. The van der Waals surface area contributed by atoms with E-state index >= 15 is 0 Å². The quantitative estimate of drug-likeness (QED) is 0.536. The molecule has 0 aliphatic heterocycles. The Morgan fingerprint density at radius 2 is 1.86 bits per heavy atom. The van der Waals surface area contributed by atoms with Crippen molar-refractivity contribution >= 4 is 29.7 Å². The molecule has 22 heavy (non-hydrogen) atoms. The molecule has 2 aromatic rings. The van der Waals surface area contributed by atoms with Crippen LogP contribution in [0.2, 0.25) is 5.02 Å². The zero-order chi connectivity index (χ0) is 15.9. The molecule has 0 aliphatic carbocycles. The third-order valence-corrected chi connectivity index (χ3v) is 3.03. The third kappa shape index (κ3) is 4.17. The molecule has 0 atom stereocenters. The van der Waals surface area contributed by atoms with E-state index in [-0.39, 0.29) is 5.91 Å². The number of benzene rings is 2. The molecule has 0 saturated heterocycles. The van der Waals surface area contributed by atoms with Gasteiger partial charge in [0, 0.05) is 10.6 Å². The minimum absolute atomic E-state index is 0.357. The van der Waals surface area contributed by atoms with E-state index in [2.05, 4.69) is 15.3 Å². The van der Waals surface area contributed by atoms with Gasteiger partial charge in [-0.15, -0.1) is 0 Å². The van der Waals surface area contributed by atoms with Crippen LogP contribution in [0.5, 0.6) is 0 Å². The van der Waals surface area contributed by atoms with Crippen LogP contribution < -0.4 is 5.43 Å². The van der Waals surface area contributed by atoms with Gasteiger partial charge in [0.05, 0.1) is 18.9 Å². The first-order valence-corrected chi connectivity index (χ1v) is 6.75. The van der Waals surface area contributed by atoms with E-state index in [1.165, 1.54) is 13.3 Å². The van der Waals surface area contributed by atoms with Gasteiger partial charge in [-0.1, -0.05) is 29.8 Å². The van der Waals surface area contributed by atoms with Crippen LogP contribution in [0.25, 0.3) is 0 Å². The number of methoxy groups -OCH3 is 1. The average molecular weight is 317 g/mol. The Kier molecular flexibility index (Phi) is 5.27.